The van der Waals surface area contributed by atoms with Crippen molar-refractivity contribution in [1.29, 1.82) is 0 Å². The summed E-state index contributed by atoms with van der Waals surface area (Å²) in [6.07, 6.45) is 1.99. The number of alkyl carbamates (subject to hydrolysis) is 2. The normalized spacial score (nSPS) is 17.1. The smallest absolute Gasteiger partial charge is 0.407 e. The maximum absolute atomic E-state index is 15.2. The topological polar surface area (TPSA) is 220 Å². The Hall–Kier alpha value is -7.56. The number of nitrogens with zero attached hydrogens (tertiary/aromatic N) is 2. The highest BCUT2D eigenvalue weighted by atomic mass is 16.6. The number of carbonyl (C=O) groups is 7. The second kappa shape index (κ2) is 26.5. The van der Waals surface area contributed by atoms with E-state index in [2.05, 4.69) is 57.7 Å². The van der Waals surface area contributed by atoms with Crippen LogP contribution in [0.1, 0.15) is 134 Å². The van der Waals surface area contributed by atoms with Crippen molar-refractivity contribution in [2.75, 3.05) is 33.4 Å². The Bertz CT molecular complexity index is 2800. The van der Waals surface area contributed by atoms with Crippen molar-refractivity contribution >= 4 is 47.2 Å². The van der Waals surface area contributed by atoms with E-state index in [-0.39, 0.29) is 57.1 Å². The average Bonchev–Trinajstić information content (AvgIpc) is 3.82. The average molecular weight is 1060 g/mol. The van der Waals surface area contributed by atoms with Crippen LogP contribution >= 0.6 is 0 Å². The standard InChI is InChI=1S/C60H76N6O11/c1-11-13-14-38-15-18-40(19-16-38)41-20-22-42(23-21-41)49(67)34-44(36-62-58(73)77-60(7,8)9)56(71)66(10)54-43-24-26-52(74-28-12-2)46(33-43)45-31-39(17-25-51(45)75-29-27-61-57(72)76-59(4,5)6)32-47(48-35-53(69)65-64-48)63-55(70)37(3)30-50(54)68/h15-26,31,33,37,44,47,54H,11-14,27-30,32,34-36H2,1-10H3,(H,61,72)(H,62,73)(H,63,70)(H,65,69)/t37-,44+,47+,54+/m1/s1. The van der Waals surface area contributed by atoms with Gasteiger partial charge in [0.15, 0.2) is 11.6 Å². The van der Waals surface area contributed by atoms with Crippen LogP contribution in [0.5, 0.6) is 11.5 Å². The first-order valence-corrected chi connectivity index (χ1v) is 26.7. The van der Waals surface area contributed by atoms with Crippen LogP contribution in [0.15, 0.2) is 90.0 Å². The molecule has 4 bridgehead atoms. The molecule has 5 amide bonds. The molecule has 0 spiro atoms. The molecule has 4 atom stereocenters. The van der Waals surface area contributed by atoms with Gasteiger partial charge in [-0.15, -0.1) is 0 Å². The van der Waals surface area contributed by atoms with Crippen molar-refractivity contribution < 1.29 is 52.5 Å². The molecule has 0 aromatic heterocycles. The third-order valence-corrected chi connectivity index (χ3v) is 12.9. The number of Topliss-reactive ketones (excluding diaryl/α,β-unsaturated/α-hetero) is 2. The molecule has 17 heteroatoms. The zero-order chi connectivity index (χ0) is 56.0. The lowest BCUT2D eigenvalue weighted by Crippen LogP contribution is -2.46. The quantitative estimate of drug-likeness (QED) is 0.0512. The minimum atomic E-state index is -1.33. The van der Waals surface area contributed by atoms with Crippen LogP contribution in [0.25, 0.3) is 22.3 Å². The van der Waals surface area contributed by atoms with Crippen LogP contribution in [-0.4, -0.2) is 103 Å². The van der Waals surface area contributed by atoms with Gasteiger partial charge in [0.25, 0.3) is 0 Å². The highest BCUT2D eigenvalue weighted by Crippen LogP contribution is 2.41. The fourth-order valence-electron chi connectivity index (χ4n) is 9.06. The highest BCUT2D eigenvalue weighted by molar-refractivity contribution is 6.09. The third kappa shape index (κ3) is 17.0. The lowest BCUT2D eigenvalue weighted by Gasteiger charge is -2.32. The number of carbonyl (C=O) groups excluding carboxylic acids is 7. The molecule has 2 heterocycles. The van der Waals surface area contributed by atoms with E-state index in [0.29, 0.717) is 52.5 Å². The predicted molar refractivity (Wildman–Crippen MR) is 295 cm³/mol. The molecule has 4 aromatic carbocycles. The van der Waals surface area contributed by atoms with Gasteiger partial charge in [-0.2, -0.15) is 5.10 Å². The number of amides is 5. The lowest BCUT2D eigenvalue weighted by molar-refractivity contribution is -0.142. The molecule has 0 unspecified atom stereocenters. The number of fused-ring (bicyclic) bond motifs is 5. The van der Waals surface area contributed by atoms with Crippen LogP contribution in [0, 0.1) is 11.8 Å². The monoisotopic (exact) mass is 1060 g/mol. The van der Waals surface area contributed by atoms with Crippen LogP contribution in [0.3, 0.4) is 0 Å². The van der Waals surface area contributed by atoms with Crippen LogP contribution in [-0.2, 0) is 41.5 Å². The second-order valence-corrected chi connectivity index (χ2v) is 21.8. The summed E-state index contributed by atoms with van der Waals surface area (Å²) in [5, 5.41) is 12.7. The van der Waals surface area contributed by atoms with Gasteiger partial charge < -0.3 is 39.8 Å². The number of likely N-dealkylation sites (N-methyl/N-ethyl adjacent to an activating group) is 1. The number of ketones is 2. The van der Waals surface area contributed by atoms with Crippen molar-refractivity contribution in [3.8, 4) is 33.8 Å². The molecule has 17 nitrogen and oxygen atoms in total. The zero-order valence-electron chi connectivity index (χ0n) is 46.3. The number of unbranched alkanes of at least 4 members (excludes halogenated alkanes) is 1. The summed E-state index contributed by atoms with van der Waals surface area (Å²) in [4.78, 5) is 98.1. The van der Waals surface area contributed by atoms with Gasteiger partial charge in [-0.05, 0) is 119 Å². The van der Waals surface area contributed by atoms with Gasteiger partial charge in [-0.25, -0.2) is 15.0 Å². The molecule has 2 aliphatic rings. The highest BCUT2D eigenvalue weighted by Gasteiger charge is 2.37. The van der Waals surface area contributed by atoms with E-state index < -0.39 is 64.9 Å². The second-order valence-electron chi connectivity index (χ2n) is 21.8. The van der Waals surface area contributed by atoms with E-state index >= 15 is 9.59 Å². The van der Waals surface area contributed by atoms with Gasteiger partial charge in [0, 0.05) is 49.0 Å². The van der Waals surface area contributed by atoms with Crippen molar-refractivity contribution in [2.24, 2.45) is 16.9 Å². The molecule has 6 rings (SSSR count). The summed E-state index contributed by atoms with van der Waals surface area (Å²) >= 11 is 0. The molecule has 0 saturated heterocycles. The van der Waals surface area contributed by atoms with Crippen molar-refractivity contribution in [3.63, 3.8) is 0 Å². The molecule has 2 aliphatic heterocycles. The summed E-state index contributed by atoms with van der Waals surface area (Å²) in [5.41, 5.74) is 6.99. The minimum absolute atomic E-state index is 0.0322. The van der Waals surface area contributed by atoms with Crippen molar-refractivity contribution in [1.82, 2.24) is 26.3 Å². The number of nitrogens with one attached hydrogen (secondary N) is 4. The lowest BCUT2D eigenvalue weighted by atomic mass is 9.88. The fraction of sp³-hybridized carbons (Fsp3) is 0.467. The zero-order valence-corrected chi connectivity index (χ0v) is 46.3. The Labute approximate surface area is 452 Å². The number of ether oxygens (including phenoxy) is 4. The van der Waals surface area contributed by atoms with E-state index in [1.54, 1.807) is 84.9 Å². The van der Waals surface area contributed by atoms with E-state index in [1.807, 2.05) is 31.2 Å². The number of hydrogen-bond donors (Lipinski definition) is 4. The first-order chi connectivity index (χ1) is 36.5. The number of hydrazone groups is 1. The molecule has 0 aliphatic carbocycles. The van der Waals surface area contributed by atoms with Crippen LogP contribution in [0.4, 0.5) is 9.59 Å². The van der Waals surface area contributed by atoms with Crippen molar-refractivity contribution in [3.05, 3.63) is 107 Å². The van der Waals surface area contributed by atoms with E-state index in [4.69, 9.17) is 18.9 Å². The number of aryl methyl sites for hydroxylation is 1. The van der Waals surface area contributed by atoms with Crippen LogP contribution < -0.4 is 30.8 Å². The van der Waals surface area contributed by atoms with Crippen molar-refractivity contribution in [2.45, 2.75) is 137 Å². The molecule has 0 saturated carbocycles. The van der Waals surface area contributed by atoms with Gasteiger partial charge in [0.2, 0.25) is 17.7 Å². The molecular formula is C60H76N6O11. The van der Waals surface area contributed by atoms with Gasteiger partial charge in [0.05, 0.1) is 37.2 Å². The first-order valence-electron chi connectivity index (χ1n) is 26.7. The summed E-state index contributed by atoms with van der Waals surface area (Å²) in [5.74, 6) is -3.53. The number of rotatable bonds is 19. The molecule has 77 heavy (non-hydrogen) atoms. The Kier molecular flexibility index (Phi) is 20.2. The molecular weight excluding hydrogens is 981 g/mol. The minimum Gasteiger partial charge on any atom is -0.493 e. The third-order valence-electron chi connectivity index (χ3n) is 12.9. The van der Waals surface area contributed by atoms with Gasteiger partial charge in [-0.3, -0.25) is 24.0 Å². The van der Waals surface area contributed by atoms with Gasteiger partial charge >= 0.3 is 12.2 Å². The predicted octanol–water partition coefficient (Wildman–Crippen LogP) is 9.48. The molecule has 412 valence electrons. The number of hydrogen-bond acceptors (Lipinski definition) is 12. The molecule has 4 N–H and O–H groups in total. The summed E-state index contributed by atoms with van der Waals surface area (Å²) in [6, 6.07) is 24.1. The maximum Gasteiger partial charge on any atom is 0.407 e. The number of benzene rings is 4. The largest absolute Gasteiger partial charge is 0.493 e. The van der Waals surface area contributed by atoms with Crippen LogP contribution in [0.2, 0.25) is 0 Å². The van der Waals surface area contributed by atoms with Gasteiger partial charge in [0.1, 0.15) is 35.3 Å². The van der Waals surface area contributed by atoms with E-state index in [9.17, 15) is 24.0 Å². The Morgan fingerprint density at radius 3 is 1.97 bits per heavy atom. The van der Waals surface area contributed by atoms with Gasteiger partial charge in [-0.1, -0.05) is 87.9 Å². The summed E-state index contributed by atoms with van der Waals surface area (Å²) < 4.78 is 23.7. The molecule has 4 aromatic rings. The Balaban J connectivity index is 1.40. The molecule has 0 radical (unpaired) electrons. The fourth-order valence-corrected chi connectivity index (χ4v) is 9.06. The Morgan fingerprint density at radius 1 is 0.753 bits per heavy atom. The summed E-state index contributed by atoms with van der Waals surface area (Å²) in [6.45, 7) is 16.3. The van der Waals surface area contributed by atoms with E-state index in [0.717, 1.165) is 36.0 Å². The first kappa shape index (κ1) is 58.7. The maximum atomic E-state index is 15.2. The molecule has 0 fully saturated rings. The SMILES string of the molecule is CCCCc1ccc(-c2ccc(C(=O)C[C@@H](CNC(=O)OC(C)(C)C)C(=O)N(C)[C@@H]3C(=O)C[C@@H](C)C(=O)N[C@H](C4=NNC(=O)C4)Cc4ccc(OCCNC(=O)OC(C)(C)C)c(c4)-c4cc3ccc4OCCC)cc2)cc1. The van der Waals surface area contributed by atoms with E-state index in [1.165, 1.54) is 17.5 Å². The Morgan fingerprint density at radius 2 is 1.36 bits per heavy atom. The summed E-state index contributed by atoms with van der Waals surface area (Å²) in [7, 11) is 1.47.